The van der Waals surface area contributed by atoms with Crippen LogP contribution in [0.5, 0.6) is 5.75 Å². The summed E-state index contributed by atoms with van der Waals surface area (Å²) in [5, 5.41) is 6.98. The van der Waals surface area contributed by atoms with Crippen molar-refractivity contribution in [1.82, 2.24) is 10.6 Å². The number of ether oxygens (including phenoxy) is 1. The Morgan fingerprint density at radius 1 is 1.20 bits per heavy atom. The Morgan fingerprint density at radius 3 is 2.76 bits per heavy atom. The van der Waals surface area contributed by atoms with Crippen LogP contribution < -0.4 is 15.4 Å². The first-order chi connectivity index (χ1) is 12.2. The Hall–Kier alpha value is -2.49. The van der Waals surface area contributed by atoms with Crippen LogP contribution in [0.15, 0.2) is 53.5 Å². The molecule has 2 atom stereocenters. The van der Waals surface area contributed by atoms with Crippen LogP contribution in [-0.2, 0) is 0 Å². The normalized spacial score (nSPS) is 18.0. The van der Waals surface area contributed by atoms with Crippen molar-refractivity contribution < 1.29 is 4.74 Å². The maximum Gasteiger partial charge on any atom is 0.191 e. The van der Waals surface area contributed by atoms with Gasteiger partial charge in [-0.1, -0.05) is 42.5 Å². The molecule has 0 saturated carbocycles. The molecular weight excluding hydrogens is 310 g/mol. The van der Waals surface area contributed by atoms with Crippen molar-refractivity contribution in [1.29, 1.82) is 0 Å². The molecule has 0 fully saturated rings. The highest BCUT2D eigenvalue weighted by Gasteiger charge is 2.21. The molecule has 25 heavy (non-hydrogen) atoms. The van der Waals surface area contributed by atoms with Crippen molar-refractivity contribution in [2.24, 2.45) is 4.99 Å². The Kier molecular flexibility index (Phi) is 5.59. The zero-order valence-corrected chi connectivity index (χ0v) is 15.3. The van der Waals surface area contributed by atoms with Crippen LogP contribution in [0.25, 0.3) is 0 Å². The molecule has 3 rings (SSSR count). The molecule has 0 radical (unpaired) electrons. The lowest BCUT2D eigenvalue weighted by molar-refractivity contribution is 0.267. The number of hydrogen-bond acceptors (Lipinski definition) is 2. The minimum atomic E-state index is 0.203. The molecule has 0 aliphatic carbocycles. The van der Waals surface area contributed by atoms with Gasteiger partial charge in [-0.15, -0.1) is 0 Å². The van der Waals surface area contributed by atoms with Crippen LogP contribution in [0.4, 0.5) is 0 Å². The van der Waals surface area contributed by atoms with E-state index in [1.54, 1.807) is 0 Å². The molecule has 1 heterocycles. The van der Waals surface area contributed by atoms with Crippen molar-refractivity contribution in [3.63, 3.8) is 0 Å². The average Bonchev–Trinajstić information content (AvgIpc) is 2.65. The summed E-state index contributed by atoms with van der Waals surface area (Å²) >= 11 is 0. The summed E-state index contributed by atoms with van der Waals surface area (Å²) in [5.41, 5.74) is 3.86. The molecule has 2 aromatic rings. The third-order valence-electron chi connectivity index (χ3n) is 4.83. The van der Waals surface area contributed by atoms with Crippen molar-refractivity contribution in [3.8, 4) is 5.75 Å². The lowest BCUT2D eigenvalue weighted by Crippen LogP contribution is -2.41. The number of aliphatic imine (C=N–C) groups is 1. The lowest BCUT2D eigenvalue weighted by atomic mass is 9.93. The highest BCUT2D eigenvalue weighted by atomic mass is 16.5. The first-order valence-corrected chi connectivity index (χ1v) is 8.93. The van der Waals surface area contributed by atoms with E-state index in [9.17, 15) is 0 Å². The molecule has 2 unspecified atom stereocenters. The van der Waals surface area contributed by atoms with E-state index >= 15 is 0 Å². The second kappa shape index (κ2) is 8.06. The van der Waals surface area contributed by atoms with Gasteiger partial charge in [-0.2, -0.15) is 0 Å². The predicted octanol–water partition coefficient (Wildman–Crippen LogP) is 3.79. The van der Waals surface area contributed by atoms with E-state index in [4.69, 9.17) is 4.74 Å². The van der Waals surface area contributed by atoms with Gasteiger partial charge in [0.15, 0.2) is 5.96 Å². The fourth-order valence-corrected chi connectivity index (χ4v) is 3.40. The average molecular weight is 337 g/mol. The molecule has 2 N–H and O–H groups in total. The smallest absolute Gasteiger partial charge is 0.191 e. The van der Waals surface area contributed by atoms with E-state index in [-0.39, 0.29) is 6.04 Å². The van der Waals surface area contributed by atoms with E-state index in [0.29, 0.717) is 5.92 Å². The van der Waals surface area contributed by atoms with Gasteiger partial charge in [-0.25, -0.2) is 0 Å². The third kappa shape index (κ3) is 4.13. The Bertz CT molecular complexity index is 741. The molecule has 0 bridgehead atoms. The summed E-state index contributed by atoms with van der Waals surface area (Å²) in [6, 6.07) is 17.0. The van der Waals surface area contributed by atoms with Gasteiger partial charge in [-0.3, -0.25) is 4.99 Å². The Morgan fingerprint density at radius 2 is 1.96 bits per heavy atom. The van der Waals surface area contributed by atoms with Crippen LogP contribution in [0.3, 0.4) is 0 Å². The molecule has 1 aliphatic rings. The molecule has 0 saturated heterocycles. The quantitative estimate of drug-likeness (QED) is 0.659. The van der Waals surface area contributed by atoms with Crippen LogP contribution in [0, 0.1) is 6.92 Å². The molecule has 0 spiro atoms. The SMILES string of the molecule is CN=C(NCC1CCOc2ccccc21)NC(C)c1ccccc1C. The summed E-state index contributed by atoms with van der Waals surface area (Å²) in [5.74, 6) is 2.29. The van der Waals surface area contributed by atoms with Gasteiger partial charge in [0.2, 0.25) is 0 Å². The number of nitrogens with one attached hydrogen (secondary N) is 2. The molecule has 2 aromatic carbocycles. The highest BCUT2D eigenvalue weighted by Crippen LogP contribution is 2.32. The second-order valence-electron chi connectivity index (χ2n) is 6.55. The zero-order valence-electron chi connectivity index (χ0n) is 15.3. The summed E-state index contributed by atoms with van der Waals surface area (Å²) in [6.07, 6.45) is 1.02. The van der Waals surface area contributed by atoms with Gasteiger partial charge in [0.1, 0.15) is 5.75 Å². The van der Waals surface area contributed by atoms with E-state index in [2.05, 4.69) is 71.9 Å². The summed E-state index contributed by atoms with van der Waals surface area (Å²) in [6.45, 7) is 5.93. The number of rotatable bonds is 4. The molecule has 0 aromatic heterocycles. The van der Waals surface area contributed by atoms with Crippen LogP contribution in [0.2, 0.25) is 0 Å². The topological polar surface area (TPSA) is 45.7 Å². The Balaban J connectivity index is 1.62. The van der Waals surface area contributed by atoms with Gasteiger partial charge in [-0.05, 0) is 43.0 Å². The van der Waals surface area contributed by atoms with Crippen molar-refractivity contribution in [2.45, 2.75) is 32.2 Å². The summed E-state index contributed by atoms with van der Waals surface area (Å²) in [7, 11) is 1.82. The molecular formula is C21H27N3O. The Labute approximate surface area is 150 Å². The zero-order chi connectivity index (χ0) is 17.6. The predicted molar refractivity (Wildman–Crippen MR) is 103 cm³/mol. The maximum absolute atomic E-state index is 5.75. The molecule has 0 amide bonds. The molecule has 132 valence electrons. The second-order valence-corrected chi connectivity index (χ2v) is 6.55. The number of hydrogen-bond donors (Lipinski definition) is 2. The first-order valence-electron chi connectivity index (χ1n) is 8.93. The van der Waals surface area contributed by atoms with E-state index < -0.39 is 0 Å². The van der Waals surface area contributed by atoms with Crippen molar-refractivity contribution in [2.75, 3.05) is 20.2 Å². The summed E-state index contributed by atoms with van der Waals surface area (Å²) < 4.78 is 5.75. The summed E-state index contributed by atoms with van der Waals surface area (Å²) in [4.78, 5) is 4.39. The van der Waals surface area contributed by atoms with Crippen LogP contribution in [0.1, 0.15) is 42.0 Å². The minimum absolute atomic E-state index is 0.203. The number of para-hydroxylation sites is 1. The molecule has 4 heteroatoms. The van der Waals surface area contributed by atoms with E-state index in [1.165, 1.54) is 16.7 Å². The number of benzene rings is 2. The van der Waals surface area contributed by atoms with E-state index in [0.717, 1.165) is 31.3 Å². The number of aryl methyl sites for hydroxylation is 1. The number of fused-ring (bicyclic) bond motifs is 1. The monoisotopic (exact) mass is 337 g/mol. The van der Waals surface area contributed by atoms with Gasteiger partial charge >= 0.3 is 0 Å². The van der Waals surface area contributed by atoms with Crippen molar-refractivity contribution in [3.05, 3.63) is 65.2 Å². The molecule has 1 aliphatic heterocycles. The van der Waals surface area contributed by atoms with Gasteiger partial charge < -0.3 is 15.4 Å². The number of nitrogens with zero attached hydrogens (tertiary/aromatic N) is 1. The minimum Gasteiger partial charge on any atom is -0.493 e. The van der Waals surface area contributed by atoms with Crippen LogP contribution in [-0.4, -0.2) is 26.2 Å². The number of guanidine groups is 1. The van der Waals surface area contributed by atoms with Crippen molar-refractivity contribution >= 4 is 5.96 Å². The van der Waals surface area contributed by atoms with Gasteiger partial charge in [0.25, 0.3) is 0 Å². The maximum atomic E-state index is 5.75. The standard InChI is InChI=1S/C21H27N3O/c1-15-8-4-5-9-18(15)16(2)24-21(22-3)23-14-17-12-13-25-20-11-7-6-10-19(17)20/h4-11,16-17H,12-14H2,1-3H3,(H2,22,23,24). The molecule has 4 nitrogen and oxygen atoms in total. The lowest BCUT2D eigenvalue weighted by Gasteiger charge is -2.27. The van der Waals surface area contributed by atoms with E-state index in [1.807, 2.05) is 13.1 Å². The highest BCUT2D eigenvalue weighted by molar-refractivity contribution is 5.80. The van der Waals surface area contributed by atoms with Gasteiger partial charge in [0, 0.05) is 19.5 Å². The third-order valence-corrected chi connectivity index (χ3v) is 4.83. The largest absolute Gasteiger partial charge is 0.493 e. The van der Waals surface area contributed by atoms with Gasteiger partial charge in [0.05, 0.1) is 12.6 Å². The first kappa shape index (κ1) is 17.3. The fraction of sp³-hybridized carbons (Fsp3) is 0.381. The van der Waals surface area contributed by atoms with Crippen LogP contribution >= 0.6 is 0 Å². The fourth-order valence-electron chi connectivity index (χ4n) is 3.40.